The molecule has 0 atom stereocenters. The van der Waals surface area contributed by atoms with E-state index in [1.807, 2.05) is 6.07 Å². The summed E-state index contributed by atoms with van der Waals surface area (Å²) in [7, 11) is 0. The second kappa shape index (κ2) is 5.50. The summed E-state index contributed by atoms with van der Waals surface area (Å²) >= 11 is 0. The fourth-order valence-corrected chi connectivity index (χ4v) is 0.701. The highest BCUT2D eigenvalue weighted by molar-refractivity contribution is 5.20. The van der Waals surface area contributed by atoms with Crippen molar-refractivity contribution in [3.63, 3.8) is 0 Å². The summed E-state index contributed by atoms with van der Waals surface area (Å²) in [5.74, 6) is 0. The number of rotatable bonds is 1. The third-order valence-corrected chi connectivity index (χ3v) is 1.42. The Morgan fingerprint density at radius 2 is 2.00 bits per heavy atom. The van der Waals surface area contributed by atoms with Crippen LogP contribution >= 0.6 is 0 Å². The van der Waals surface area contributed by atoms with Crippen LogP contribution in [0.1, 0.15) is 11.1 Å². The molecule has 0 saturated heterocycles. The molecule has 72 valence electrons. The highest BCUT2D eigenvalue weighted by Crippen LogP contribution is 1.87. The van der Waals surface area contributed by atoms with E-state index in [4.69, 9.17) is 11.0 Å². The Morgan fingerprint density at radius 3 is 2.29 bits per heavy atom. The summed E-state index contributed by atoms with van der Waals surface area (Å²) in [6, 6.07) is 1.91. The molecule has 0 radical (unpaired) electrons. The van der Waals surface area contributed by atoms with Crippen molar-refractivity contribution < 1.29 is 0 Å². The third-order valence-electron chi connectivity index (χ3n) is 1.42. The minimum atomic E-state index is 0.566. The zero-order valence-corrected chi connectivity index (χ0v) is 7.44. The lowest BCUT2D eigenvalue weighted by Crippen LogP contribution is -1.92. The first kappa shape index (κ1) is 9.95. The predicted molar refractivity (Wildman–Crippen MR) is 49.8 cm³/mol. The monoisotopic (exact) mass is 190 g/mol. The van der Waals surface area contributed by atoms with Gasteiger partial charge in [0.25, 0.3) is 0 Å². The Morgan fingerprint density at radius 1 is 1.29 bits per heavy atom. The number of aromatic amines is 2. The standard InChI is InChI=1S/C4H7N3.C4H3N3/c2*5-1-4-2-6-7-3-4/h2-3H,1,5H2,(H,6,7);2-3H,(H,6,7). The third kappa shape index (κ3) is 3.08. The van der Waals surface area contributed by atoms with Gasteiger partial charge < -0.3 is 5.73 Å². The molecule has 0 spiro atoms. The molecule has 2 aromatic rings. The van der Waals surface area contributed by atoms with Gasteiger partial charge in [-0.1, -0.05) is 0 Å². The molecule has 14 heavy (non-hydrogen) atoms. The maximum Gasteiger partial charge on any atom is 0.102 e. The fraction of sp³-hybridized carbons (Fsp3) is 0.125. The summed E-state index contributed by atoms with van der Waals surface area (Å²) in [6.07, 6.45) is 6.50. The van der Waals surface area contributed by atoms with Crippen molar-refractivity contribution in [2.75, 3.05) is 0 Å². The topological polar surface area (TPSA) is 107 Å². The Bertz CT molecular complexity index is 368. The van der Waals surface area contributed by atoms with E-state index in [1.165, 1.54) is 6.20 Å². The molecule has 0 amide bonds. The van der Waals surface area contributed by atoms with Crippen LogP contribution < -0.4 is 5.73 Å². The first-order valence-corrected chi connectivity index (χ1v) is 3.93. The van der Waals surface area contributed by atoms with E-state index in [1.54, 1.807) is 18.6 Å². The van der Waals surface area contributed by atoms with Gasteiger partial charge in [0.05, 0.1) is 18.0 Å². The predicted octanol–water partition coefficient (Wildman–Crippen LogP) is 0.150. The van der Waals surface area contributed by atoms with Crippen LogP contribution in [0.15, 0.2) is 24.8 Å². The number of hydrogen-bond donors (Lipinski definition) is 3. The van der Waals surface area contributed by atoms with Crippen LogP contribution in [-0.2, 0) is 6.54 Å². The number of aromatic nitrogens is 4. The molecule has 0 unspecified atom stereocenters. The van der Waals surface area contributed by atoms with Crippen molar-refractivity contribution in [1.82, 2.24) is 20.4 Å². The van der Waals surface area contributed by atoms with Gasteiger partial charge in [-0.15, -0.1) is 0 Å². The molecule has 0 aromatic carbocycles. The van der Waals surface area contributed by atoms with Crippen LogP contribution in [-0.4, -0.2) is 20.4 Å². The van der Waals surface area contributed by atoms with Gasteiger partial charge in [0, 0.05) is 24.5 Å². The zero-order valence-electron chi connectivity index (χ0n) is 7.44. The minimum Gasteiger partial charge on any atom is -0.326 e. The Kier molecular flexibility index (Phi) is 3.91. The normalized spacial score (nSPS) is 8.57. The van der Waals surface area contributed by atoms with Gasteiger partial charge in [-0.05, 0) is 0 Å². The molecule has 0 aliphatic heterocycles. The Balaban J connectivity index is 0.000000140. The van der Waals surface area contributed by atoms with Gasteiger partial charge in [0.2, 0.25) is 0 Å². The maximum absolute atomic E-state index is 8.12. The van der Waals surface area contributed by atoms with E-state index in [2.05, 4.69) is 20.4 Å². The number of nitrogens with zero attached hydrogens (tertiary/aromatic N) is 3. The number of nitrogens with one attached hydrogen (secondary N) is 2. The number of H-pyrrole nitrogens is 2. The van der Waals surface area contributed by atoms with E-state index in [-0.39, 0.29) is 0 Å². The molecule has 6 heteroatoms. The average molecular weight is 190 g/mol. The highest BCUT2D eigenvalue weighted by atomic mass is 15.1. The molecule has 2 aromatic heterocycles. The second-order valence-corrected chi connectivity index (χ2v) is 2.41. The first-order chi connectivity index (χ1) is 6.86. The van der Waals surface area contributed by atoms with Crippen molar-refractivity contribution >= 4 is 0 Å². The molecule has 0 saturated carbocycles. The van der Waals surface area contributed by atoms with Gasteiger partial charge in [-0.2, -0.15) is 15.5 Å². The van der Waals surface area contributed by atoms with Crippen LogP contribution in [0.5, 0.6) is 0 Å². The molecule has 6 nitrogen and oxygen atoms in total. The van der Waals surface area contributed by atoms with Crippen molar-refractivity contribution in [2.24, 2.45) is 5.73 Å². The molecule has 0 bridgehead atoms. The molecule has 2 rings (SSSR count). The van der Waals surface area contributed by atoms with E-state index < -0.39 is 0 Å². The van der Waals surface area contributed by atoms with Crippen molar-refractivity contribution in [3.8, 4) is 6.07 Å². The summed E-state index contributed by atoms with van der Waals surface area (Å²) in [4.78, 5) is 0. The lowest BCUT2D eigenvalue weighted by molar-refractivity contribution is 1.07. The molecule has 0 aliphatic rings. The second-order valence-electron chi connectivity index (χ2n) is 2.41. The molecule has 4 N–H and O–H groups in total. The van der Waals surface area contributed by atoms with E-state index >= 15 is 0 Å². The quantitative estimate of drug-likeness (QED) is 0.594. The number of nitrogens with two attached hydrogens (primary N) is 1. The van der Waals surface area contributed by atoms with Crippen LogP contribution in [0, 0.1) is 11.3 Å². The van der Waals surface area contributed by atoms with Gasteiger partial charge in [0.1, 0.15) is 6.07 Å². The van der Waals surface area contributed by atoms with Gasteiger partial charge in [-0.25, -0.2) is 0 Å². The summed E-state index contributed by atoms with van der Waals surface area (Å²) in [5, 5.41) is 20.5. The average Bonchev–Trinajstić information content (AvgIpc) is 2.92. The van der Waals surface area contributed by atoms with Crippen molar-refractivity contribution in [3.05, 3.63) is 35.9 Å². The van der Waals surface area contributed by atoms with Crippen LogP contribution in [0.3, 0.4) is 0 Å². The molecular formula is C8H10N6. The number of hydrogen-bond acceptors (Lipinski definition) is 4. The van der Waals surface area contributed by atoms with Crippen LogP contribution in [0.25, 0.3) is 0 Å². The minimum absolute atomic E-state index is 0.566. The largest absolute Gasteiger partial charge is 0.326 e. The fourth-order valence-electron chi connectivity index (χ4n) is 0.701. The van der Waals surface area contributed by atoms with Gasteiger partial charge >= 0.3 is 0 Å². The summed E-state index contributed by atoms with van der Waals surface area (Å²) < 4.78 is 0. The van der Waals surface area contributed by atoms with Gasteiger partial charge in [0.15, 0.2) is 0 Å². The zero-order chi connectivity index (χ0) is 10.2. The van der Waals surface area contributed by atoms with E-state index in [0.29, 0.717) is 12.1 Å². The summed E-state index contributed by atoms with van der Waals surface area (Å²) in [5.41, 5.74) is 6.85. The van der Waals surface area contributed by atoms with Gasteiger partial charge in [-0.3, -0.25) is 10.2 Å². The lowest BCUT2D eigenvalue weighted by atomic mass is 10.4. The molecule has 0 aliphatic carbocycles. The Labute approximate surface area is 80.8 Å². The summed E-state index contributed by atoms with van der Waals surface area (Å²) in [6.45, 7) is 0.566. The molecule has 0 fully saturated rings. The molecular weight excluding hydrogens is 180 g/mol. The smallest absolute Gasteiger partial charge is 0.102 e. The Hall–Kier alpha value is -2.13. The number of nitriles is 1. The van der Waals surface area contributed by atoms with Crippen LogP contribution in [0.2, 0.25) is 0 Å². The van der Waals surface area contributed by atoms with Crippen molar-refractivity contribution in [1.29, 1.82) is 5.26 Å². The van der Waals surface area contributed by atoms with Crippen molar-refractivity contribution in [2.45, 2.75) is 6.54 Å². The van der Waals surface area contributed by atoms with E-state index in [9.17, 15) is 0 Å². The lowest BCUT2D eigenvalue weighted by Gasteiger charge is -1.77. The van der Waals surface area contributed by atoms with Crippen LogP contribution in [0.4, 0.5) is 0 Å². The highest BCUT2D eigenvalue weighted by Gasteiger charge is 1.83. The SMILES string of the molecule is N#Cc1cn[nH]c1.NCc1cn[nH]c1. The molecule has 2 heterocycles. The van der Waals surface area contributed by atoms with E-state index in [0.717, 1.165) is 5.56 Å². The maximum atomic E-state index is 8.12. The first-order valence-electron chi connectivity index (χ1n) is 3.93.